The van der Waals surface area contributed by atoms with Crippen molar-refractivity contribution in [2.24, 2.45) is 0 Å². The van der Waals surface area contributed by atoms with Crippen LogP contribution in [0.2, 0.25) is 5.02 Å². The Hall–Kier alpha value is -2.31. The highest BCUT2D eigenvalue weighted by Crippen LogP contribution is 2.20. The van der Waals surface area contributed by atoms with Gasteiger partial charge in [-0.1, -0.05) is 53.2 Å². The van der Waals surface area contributed by atoms with Crippen molar-refractivity contribution in [3.05, 3.63) is 70.6 Å². The van der Waals surface area contributed by atoms with Gasteiger partial charge in [-0.15, -0.1) is 10.2 Å². The number of Topliss-reactive ketones (excluding diaryl/α,β-unsaturated/α-hetero) is 1. The smallest absolute Gasteiger partial charge is 0.277 e. The summed E-state index contributed by atoms with van der Waals surface area (Å²) in [6.45, 7) is 2.14. The first-order chi connectivity index (χ1) is 12.1. The van der Waals surface area contributed by atoms with Gasteiger partial charge in [0.05, 0.1) is 5.75 Å². The third kappa shape index (κ3) is 5.08. The Morgan fingerprint density at radius 1 is 1.12 bits per heavy atom. The van der Waals surface area contributed by atoms with Gasteiger partial charge < -0.3 is 9.15 Å². The molecule has 0 aliphatic rings. The molecular formula is C18H15ClN2O3S. The van der Waals surface area contributed by atoms with Gasteiger partial charge in [-0.25, -0.2) is 0 Å². The molecule has 0 aliphatic heterocycles. The fourth-order valence-corrected chi connectivity index (χ4v) is 2.78. The predicted octanol–water partition coefficient (Wildman–Crippen LogP) is 4.59. The van der Waals surface area contributed by atoms with E-state index >= 15 is 0 Å². The fraction of sp³-hybridized carbons (Fsp3) is 0.167. The van der Waals surface area contributed by atoms with E-state index in [-0.39, 0.29) is 18.1 Å². The average Bonchev–Trinajstić information content (AvgIpc) is 3.08. The van der Waals surface area contributed by atoms with Crippen LogP contribution in [0.1, 0.15) is 21.8 Å². The Kier molecular flexibility index (Phi) is 5.73. The maximum atomic E-state index is 12.1. The van der Waals surface area contributed by atoms with Crippen LogP contribution >= 0.6 is 23.4 Å². The highest BCUT2D eigenvalue weighted by molar-refractivity contribution is 7.99. The van der Waals surface area contributed by atoms with E-state index in [0.29, 0.717) is 27.4 Å². The van der Waals surface area contributed by atoms with Crippen molar-refractivity contribution in [3.63, 3.8) is 0 Å². The van der Waals surface area contributed by atoms with E-state index in [1.54, 1.807) is 24.3 Å². The van der Waals surface area contributed by atoms with Gasteiger partial charge in [-0.3, -0.25) is 4.79 Å². The summed E-state index contributed by atoms with van der Waals surface area (Å²) >= 11 is 7.03. The summed E-state index contributed by atoms with van der Waals surface area (Å²) in [5.74, 6) is 1.26. The van der Waals surface area contributed by atoms with Gasteiger partial charge in [0.2, 0.25) is 0 Å². The van der Waals surface area contributed by atoms with Gasteiger partial charge >= 0.3 is 0 Å². The minimum Gasteiger partial charge on any atom is -0.484 e. The Morgan fingerprint density at radius 3 is 2.56 bits per heavy atom. The maximum absolute atomic E-state index is 12.1. The molecule has 0 N–H and O–H groups in total. The number of hydrogen-bond acceptors (Lipinski definition) is 6. The van der Waals surface area contributed by atoms with E-state index in [1.165, 1.54) is 11.8 Å². The highest BCUT2D eigenvalue weighted by atomic mass is 35.5. The number of rotatable bonds is 7. The highest BCUT2D eigenvalue weighted by Gasteiger charge is 2.11. The van der Waals surface area contributed by atoms with Crippen LogP contribution in [0, 0.1) is 6.92 Å². The van der Waals surface area contributed by atoms with E-state index < -0.39 is 0 Å². The molecule has 0 bridgehead atoms. The summed E-state index contributed by atoms with van der Waals surface area (Å²) in [5, 5.41) is 8.81. The Labute approximate surface area is 154 Å². The number of carbonyl (C=O) groups is 1. The quantitative estimate of drug-likeness (QED) is 0.445. The van der Waals surface area contributed by atoms with Crippen molar-refractivity contribution in [3.8, 4) is 5.75 Å². The number of aryl methyl sites for hydroxylation is 1. The molecule has 3 aromatic rings. The number of ether oxygens (including phenoxy) is 1. The summed E-state index contributed by atoms with van der Waals surface area (Å²) < 4.78 is 11.0. The lowest BCUT2D eigenvalue weighted by Crippen LogP contribution is -2.02. The lowest BCUT2D eigenvalue weighted by Gasteiger charge is -2.02. The van der Waals surface area contributed by atoms with Gasteiger partial charge in [0.1, 0.15) is 5.75 Å². The van der Waals surface area contributed by atoms with Crippen LogP contribution in [0.25, 0.3) is 0 Å². The van der Waals surface area contributed by atoms with Crippen molar-refractivity contribution in [1.29, 1.82) is 0 Å². The molecule has 128 valence electrons. The number of hydrogen-bond donors (Lipinski definition) is 0. The number of ketones is 1. The van der Waals surface area contributed by atoms with Crippen molar-refractivity contribution in [2.75, 3.05) is 5.75 Å². The molecule has 0 unspecified atom stereocenters. The molecule has 0 saturated heterocycles. The molecule has 0 saturated carbocycles. The molecule has 5 nitrogen and oxygen atoms in total. The molecule has 0 radical (unpaired) electrons. The predicted molar refractivity (Wildman–Crippen MR) is 96.3 cm³/mol. The van der Waals surface area contributed by atoms with Crippen molar-refractivity contribution in [1.82, 2.24) is 10.2 Å². The average molecular weight is 375 g/mol. The van der Waals surface area contributed by atoms with Gasteiger partial charge in [0, 0.05) is 10.6 Å². The number of benzene rings is 2. The summed E-state index contributed by atoms with van der Waals surface area (Å²) in [5.41, 5.74) is 1.79. The zero-order chi connectivity index (χ0) is 17.6. The summed E-state index contributed by atoms with van der Waals surface area (Å²) in [6, 6.07) is 14.5. The Balaban J connectivity index is 1.50. The van der Waals surface area contributed by atoms with Crippen molar-refractivity contribution < 1.29 is 13.9 Å². The molecular weight excluding hydrogens is 360 g/mol. The standard InChI is InChI=1S/C18H15ClN2O3S/c1-12-2-4-13(5-3-12)16(22)11-25-18-21-20-17(24-18)10-23-15-8-6-14(19)7-9-15/h2-9H,10-11H2,1H3. The monoisotopic (exact) mass is 374 g/mol. The first-order valence-electron chi connectivity index (χ1n) is 7.53. The molecule has 25 heavy (non-hydrogen) atoms. The van der Waals surface area contributed by atoms with Crippen molar-refractivity contribution in [2.45, 2.75) is 18.8 Å². The van der Waals surface area contributed by atoms with Crippen LogP contribution in [-0.4, -0.2) is 21.7 Å². The van der Waals surface area contributed by atoms with Crippen LogP contribution in [-0.2, 0) is 6.61 Å². The number of carbonyl (C=O) groups excluding carboxylic acids is 1. The number of halogens is 1. The van der Waals surface area contributed by atoms with E-state index in [9.17, 15) is 4.79 Å². The largest absolute Gasteiger partial charge is 0.484 e. The van der Waals surface area contributed by atoms with Gasteiger partial charge in [-0.2, -0.15) is 0 Å². The lowest BCUT2D eigenvalue weighted by molar-refractivity contribution is 0.102. The third-order valence-corrected chi connectivity index (χ3v) is 4.39. The first kappa shape index (κ1) is 17.5. The zero-order valence-corrected chi connectivity index (χ0v) is 15.0. The number of thioether (sulfide) groups is 1. The fourth-order valence-electron chi connectivity index (χ4n) is 1.98. The van der Waals surface area contributed by atoms with Crippen molar-refractivity contribution >= 4 is 29.1 Å². The lowest BCUT2D eigenvalue weighted by atomic mass is 10.1. The molecule has 0 fully saturated rings. The number of aromatic nitrogens is 2. The second-order valence-electron chi connectivity index (χ2n) is 5.28. The molecule has 0 atom stereocenters. The second kappa shape index (κ2) is 8.18. The maximum Gasteiger partial charge on any atom is 0.277 e. The van der Waals surface area contributed by atoms with Crippen LogP contribution in [0.4, 0.5) is 0 Å². The van der Waals surface area contributed by atoms with E-state index in [2.05, 4.69) is 10.2 Å². The SMILES string of the molecule is Cc1ccc(C(=O)CSc2nnc(COc3ccc(Cl)cc3)o2)cc1. The van der Waals surface area contributed by atoms with Gasteiger partial charge in [-0.05, 0) is 31.2 Å². The van der Waals surface area contributed by atoms with Crippen LogP contribution < -0.4 is 4.74 Å². The van der Waals surface area contributed by atoms with Crippen LogP contribution in [0.5, 0.6) is 5.75 Å². The van der Waals surface area contributed by atoms with E-state index in [4.69, 9.17) is 20.8 Å². The third-order valence-electron chi connectivity index (χ3n) is 3.32. The molecule has 0 aliphatic carbocycles. The zero-order valence-electron chi connectivity index (χ0n) is 13.4. The molecule has 1 heterocycles. The molecule has 2 aromatic carbocycles. The molecule has 1 aromatic heterocycles. The van der Waals surface area contributed by atoms with E-state index in [1.807, 2.05) is 31.2 Å². The van der Waals surface area contributed by atoms with Crippen LogP contribution in [0.15, 0.2) is 58.2 Å². The molecule has 0 amide bonds. The van der Waals surface area contributed by atoms with Gasteiger partial charge in [0.15, 0.2) is 12.4 Å². The Bertz CT molecular complexity index is 848. The van der Waals surface area contributed by atoms with Gasteiger partial charge in [0.25, 0.3) is 11.1 Å². The second-order valence-corrected chi connectivity index (χ2v) is 6.65. The van der Waals surface area contributed by atoms with Crippen LogP contribution in [0.3, 0.4) is 0 Å². The molecule has 3 rings (SSSR count). The summed E-state index contributed by atoms with van der Waals surface area (Å²) in [7, 11) is 0. The minimum absolute atomic E-state index is 0.0159. The number of nitrogens with zero attached hydrogens (tertiary/aromatic N) is 2. The molecule has 0 spiro atoms. The minimum atomic E-state index is 0.0159. The summed E-state index contributed by atoms with van der Waals surface area (Å²) in [6.07, 6.45) is 0. The summed E-state index contributed by atoms with van der Waals surface area (Å²) in [4.78, 5) is 12.1. The first-order valence-corrected chi connectivity index (χ1v) is 8.90. The molecule has 7 heteroatoms. The van der Waals surface area contributed by atoms with E-state index in [0.717, 1.165) is 5.56 Å². The normalized spacial score (nSPS) is 10.6. The Morgan fingerprint density at radius 2 is 1.84 bits per heavy atom. The topological polar surface area (TPSA) is 65.2 Å².